The number of para-hydroxylation sites is 1. The van der Waals surface area contributed by atoms with Gasteiger partial charge in [-0.05, 0) is 32.0 Å². The third kappa shape index (κ3) is 4.74. The number of nitrogens with zero attached hydrogens (tertiary/aromatic N) is 7. The van der Waals surface area contributed by atoms with Crippen molar-refractivity contribution in [3.8, 4) is 17.2 Å². The molecule has 11 nitrogen and oxygen atoms in total. The van der Waals surface area contributed by atoms with Gasteiger partial charge in [0.15, 0.2) is 5.82 Å². The van der Waals surface area contributed by atoms with Crippen LogP contribution in [0.2, 0.25) is 0 Å². The minimum atomic E-state index is -4.24. The van der Waals surface area contributed by atoms with Crippen LogP contribution in [0.1, 0.15) is 25.8 Å². The molecule has 35 heavy (non-hydrogen) atoms. The molecule has 0 amide bonds. The number of aryl methyl sites for hydroxylation is 2. The summed E-state index contributed by atoms with van der Waals surface area (Å²) in [5, 5.41) is 10.8. The molecule has 0 fully saturated rings. The van der Waals surface area contributed by atoms with Crippen molar-refractivity contribution in [1.29, 1.82) is 0 Å². The quantitative estimate of drug-likeness (QED) is 0.386. The number of sulfonamides is 1. The third-order valence-corrected chi connectivity index (χ3v) is 6.96. The smallest absolute Gasteiger partial charge is 0.243 e. The molecule has 0 aliphatic carbocycles. The average Bonchev–Trinajstić information content (AvgIpc) is 3.41. The maximum absolute atomic E-state index is 14.8. The topological polar surface area (TPSA) is 130 Å². The molecule has 0 radical (unpaired) electrons. The van der Waals surface area contributed by atoms with Gasteiger partial charge < -0.3 is 4.74 Å². The van der Waals surface area contributed by atoms with E-state index in [-0.39, 0.29) is 12.9 Å². The van der Waals surface area contributed by atoms with Gasteiger partial charge >= 0.3 is 0 Å². The number of aromatic nitrogens is 7. The fourth-order valence-corrected chi connectivity index (χ4v) is 4.60. The largest absolute Gasteiger partial charge is 0.374 e. The first kappa shape index (κ1) is 24.3. The van der Waals surface area contributed by atoms with Crippen LogP contribution in [-0.4, -0.2) is 55.3 Å². The maximum atomic E-state index is 14.8. The highest BCUT2D eigenvalue weighted by atomic mass is 32.2. The van der Waals surface area contributed by atoms with Crippen LogP contribution in [0.4, 0.5) is 14.7 Å². The number of benzene rings is 1. The number of methoxy groups -OCH3 is 1. The number of hydrogen-bond donors (Lipinski definition) is 1. The maximum Gasteiger partial charge on any atom is 0.243 e. The first-order valence-corrected chi connectivity index (χ1v) is 11.9. The Morgan fingerprint density at radius 3 is 2.40 bits per heavy atom. The summed E-state index contributed by atoms with van der Waals surface area (Å²) < 4.78 is 66.3. The van der Waals surface area contributed by atoms with Gasteiger partial charge in [0.05, 0.1) is 17.6 Å². The second kappa shape index (κ2) is 9.46. The molecule has 0 aliphatic heterocycles. The van der Waals surface area contributed by atoms with Crippen LogP contribution in [0.25, 0.3) is 17.2 Å². The molecule has 1 aromatic carbocycles. The lowest BCUT2D eigenvalue weighted by molar-refractivity contribution is 0.0985. The number of halogens is 2. The second-order valence-electron chi connectivity index (χ2n) is 7.72. The summed E-state index contributed by atoms with van der Waals surface area (Å²) in [6.45, 7) is 3.15. The molecule has 0 bridgehead atoms. The van der Waals surface area contributed by atoms with Crippen molar-refractivity contribution >= 4 is 16.0 Å². The molecule has 3 aromatic heterocycles. The minimum absolute atomic E-state index is 0. The van der Waals surface area contributed by atoms with Gasteiger partial charge in [-0.25, -0.2) is 17.2 Å². The van der Waals surface area contributed by atoms with E-state index in [1.165, 1.54) is 37.2 Å². The normalized spacial score (nSPS) is 13.5. The van der Waals surface area contributed by atoms with Crippen LogP contribution in [0.3, 0.4) is 0 Å². The Labute approximate surface area is 201 Å². The Morgan fingerprint density at radius 2 is 1.83 bits per heavy atom. The molecule has 14 heteroatoms. The second-order valence-corrected chi connectivity index (χ2v) is 9.76. The van der Waals surface area contributed by atoms with Crippen LogP contribution in [0, 0.1) is 18.6 Å². The standard InChI is InChI=1S/C21H22F2N8O3S.H2/c1-12-10-25-17(11-24-12)19(34-4)13(2)35(32,33)29-21-27-26-20(16-8-9-30(3)28-16)31(21)18-14(22)6-5-7-15(18)23;/h5-11,13,19H,1-4H3,(H,27,29);1H/t13-,19-;/m0./s1. The minimum Gasteiger partial charge on any atom is -0.374 e. The molecule has 0 unspecified atom stereocenters. The van der Waals surface area contributed by atoms with E-state index in [1.807, 2.05) is 0 Å². The summed E-state index contributed by atoms with van der Waals surface area (Å²) in [7, 11) is -1.25. The van der Waals surface area contributed by atoms with Crippen molar-refractivity contribution in [3.05, 3.63) is 65.9 Å². The molecular formula is C21H24F2N8O3S. The predicted octanol–water partition coefficient (Wildman–Crippen LogP) is 2.81. The molecule has 2 atom stereocenters. The molecule has 1 N–H and O–H groups in total. The van der Waals surface area contributed by atoms with Crippen molar-refractivity contribution < 1.29 is 23.4 Å². The van der Waals surface area contributed by atoms with Crippen LogP contribution in [0.15, 0.2) is 42.9 Å². The van der Waals surface area contributed by atoms with Crippen molar-refractivity contribution in [2.75, 3.05) is 11.8 Å². The van der Waals surface area contributed by atoms with Crippen molar-refractivity contribution in [3.63, 3.8) is 0 Å². The number of anilines is 1. The molecule has 0 saturated carbocycles. The summed E-state index contributed by atoms with van der Waals surface area (Å²) in [4.78, 5) is 8.33. The Bertz CT molecular complexity index is 1440. The van der Waals surface area contributed by atoms with Crippen LogP contribution >= 0.6 is 0 Å². The van der Waals surface area contributed by atoms with E-state index in [0.29, 0.717) is 11.4 Å². The summed E-state index contributed by atoms with van der Waals surface area (Å²) in [5.41, 5.74) is 0.619. The molecule has 0 saturated heterocycles. The summed E-state index contributed by atoms with van der Waals surface area (Å²) in [6, 6.07) is 4.82. The Kier molecular flexibility index (Phi) is 6.58. The van der Waals surface area contributed by atoms with E-state index in [9.17, 15) is 17.2 Å². The molecule has 0 spiro atoms. The molecule has 4 aromatic rings. The number of nitrogens with one attached hydrogen (secondary N) is 1. The van der Waals surface area contributed by atoms with Crippen molar-refractivity contribution in [2.45, 2.75) is 25.2 Å². The van der Waals surface area contributed by atoms with Gasteiger partial charge in [0, 0.05) is 28.0 Å². The van der Waals surface area contributed by atoms with Gasteiger partial charge in [-0.2, -0.15) is 5.10 Å². The van der Waals surface area contributed by atoms with Crippen molar-refractivity contribution in [2.24, 2.45) is 7.05 Å². The first-order chi connectivity index (χ1) is 16.6. The lowest BCUT2D eigenvalue weighted by Gasteiger charge is -2.22. The van der Waals surface area contributed by atoms with Crippen LogP contribution < -0.4 is 4.72 Å². The molecule has 3 heterocycles. The van der Waals surface area contributed by atoms with Gasteiger partial charge in [-0.3, -0.25) is 23.9 Å². The fourth-order valence-electron chi connectivity index (χ4n) is 3.45. The van der Waals surface area contributed by atoms with Crippen molar-refractivity contribution in [1.82, 2.24) is 34.5 Å². The first-order valence-electron chi connectivity index (χ1n) is 10.3. The van der Waals surface area contributed by atoms with Gasteiger partial charge in [0.2, 0.25) is 16.0 Å². The van der Waals surface area contributed by atoms with Gasteiger partial charge in [-0.1, -0.05) is 6.07 Å². The average molecular weight is 507 g/mol. The van der Waals surface area contributed by atoms with E-state index in [1.54, 1.807) is 26.2 Å². The van der Waals surface area contributed by atoms with E-state index < -0.39 is 44.6 Å². The Hall–Kier alpha value is -3.78. The lowest BCUT2D eigenvalue weighted by atomic mass is 10.2. The molecular weight excluding hydrogens is 482 g/mol. The summed E-state index contributed by atoms with van der Waals surface area (Å²) in [5.74, 6) is -2.38. The number of ether oxygens (including phenoxy) is 1. The monoisotopic (exact) mass is 506 g/mol. The zero-order chi connectivity index (χ0) is 25.3. The van der Waals surface area contributed by atoms with E-state index >= 15 is 0 Å². The van der Waals surface area contributed by atoms with E-state index in [2.05, 4.69) is 30.0 Å². The summed E-state index contributed by atoms with van der Waals surface area (Å²) >= 11 is 0. The van der Waals surface area contributed by atoms with E-state index in [0.717, 1.165) is 16.7 Å². The van der Waals surface area contributed by atoms with Crippen LogP contribution in [-0.2, 0) is 21.8 Å². The predicted molar refractivity (Wildman–Crippen MR) is 124 cm³/mol. The van der Waals surface area contributed by atoms with Crippen LogP contribution in [0.5, 0.6) is 0 Å². The lowest BCUT2D eigenvalue weighted by Crippen LogP contribution is -2.33. The Morgan fingerprint density at radius 1 is 1.11 bits per heavy atom. The van der Waals surface area contributed by atoms with Gasteiger partial charge in [-0.15, -0.1) is 10.2 Å². The number of rotatable bonds is 8. The van der Waals surface area contributed by atoms with E-state index in [4.69, 9.17) is 4.74 Å². The molecule has 186 valence electrons. The highest BCUT2D eigenvalue weighted by Gasteiger charge is 2.34. The zero-order valence-electron chi connectivity index (χ0n) is 19.2. The molecule has 4 rings (SSSR count). The summed E-state index contributed by atoms with van der Waals surface area (Å²) in [6.07, 6.45) is 3.53. The van der Waals surface area contributed by atoms with Gasteiger partial charge in [0.1, 0.15) is 34.4 Å². The molecule has 0 aliphatic rings. The third-order valence-electron chi connectivity index (χ3n) is 5.26. The fraction of sp³-hybridized carbons (Fsp3) is 0.286. The SMILES string of the molecule is CO[C@H](c1cnc(C)cn1)[C@H](C)S(=O)(=O)Nc1nnc(-c2ccn(C)n2)n1-c1c(F)cccc1F.[HH]. The zero-order valence-corrected chi connectivity index (χ0v) is 20.0. The number of hydrogen-bond acceptors (Lipinski definition) is 8. The van der Waals surface area contributed by atoms with Gasteiger partial charge in [0.25, 0.3) is 0 Å². The highest BCUT2D eigenvalue weighted by Crippen LogP contribution is 2.30. The highest BCUT2D eigenvalue weighted by molar-refractivity contribution is 7.93. The Balaban J connectivity index is 0.00000361.